The molecule has 0 aliphatic carbocycles. The van der Waals surface area contributed by atoms with Crippen LogP contribution in [0, 0.1) is 0 Å². The van der Waals surface area contributed by atoms with E-state index in [0.29, 0.717) is 18.8 Å². The molecule has 0 bridgehead atoms. The van der Waals surface area contributed by atoms with Gasteiger partial charge in [0.1, 0.15) is 24.4 Å². The molecule has 2 aromatic rings. The van der Waals surface area contributed by atoms with E-state index in [-0.39, 0.29) is 55.6 Å². The zero-order valence-corrected chi connectivity index (χ0v) is 21.6. The molecule has 0 spiro atoms. The average Bonchev–Trinajstić information content (AvgIpc) is 2.89. The van der Waals surface area contributed by atoms with Gasteiger partial charge in [-0.05, 0) is 31.5 Å². The Morgan fingerprint density at radius 1 is 0.947 bits per heavy atom. The third-order valence-electron chi connectivity index (χ3n) is 6.45. The summed E-state index contributed by atoms with van der Waals surface area (Å²) < 4.78 is 11.5. The summed E-state index contributed by atoms with van der Waals surface area (Å²) in [5, 5.41) is 8.31. The van der Waals surface area contributed by atoms with Crippen molar-refractivity contribution in [3.63, 3.8) is 0 Å². The monoisotopic (exact) mass is 522 g/mol. The van der Waals surface area contributed by atoms with Gasteiger partial charge in [-0.15, -0.1) is 0 Å². The zero-order chi connectivity index (χ0) is 27.1. The first-order valence-corrected chi connectivity index (χ1v) is 12.9. The molecule has 0 aromatic heterocycles. The summed E-state index contributed by atoms with van der Waals surface area (Å²) in [6.07, 6.45) is -0.421. The van der Waals surface area contributed by atoms with E-state index in [1.807, 2.05) is 44.2 Å². The first kappa shape index (κ1) is 27.1. The minimum absolute atomic E-state index is 0.119. The van der Waals surface area contributed by atoms with Gasteiger partial charge in [-0.3, -0.25) is 19.2 Å². The molecule has 0 radical (unpaired) electrons. The molecule has 2 aliphatic heterocycles. The molecule has 10 heteroatoms. The fraction of sp³-hybridized carbons (Fsp3) is 0.429. The van der Waals surface area contributed by atoms with Gasteiger partial charge in [-0.1, -0.05) is 42.5 Å². The van der Waals surface area contributed by atoms with Crippen molar-refractivity contribution in [3.05, 3.63) is 65.7 Å². The van der Waals surface area contributed by atoms with Crippen LogP contribution < -0.4 is 20.7 Å². The number of carbonyl (C=O) groups excluding carboxylic acids is 4. The highest BCUT2D eigenvalue weighted by atomic mass is 16.5. The van der Waals surface area contributed by atoms with Crippen LogP contribution in [-0.2, 0) is 25.5 Å². The van der Waals surface area contributed by atoms with Gasteiger partial charge in [0.05, 0.1) is 30.7 Å². The Hall–Kier alpha value is -3.92. The topological polar surface area (TPSA) is 126 Å². The number of nitrogens with zero attached hydrogens (tertiary/aromatic N) is 1. The van der Waals surface area contributed by atoms with Crippen LogP contribution in [0.1, 0.15) is 36.2 Å². The predicted octanol–water partition coefficient (Wildman–Crippen LogP) is 1.05. The number of nitrogens with one attached hydrogen (secondary N) is 3. The van der Waals surface area contributed by atoms with Crippen LogP contribution in [0.25, 0.3) is 0 Å². The van der Waals surface area contributed by atoms with Crippen LogP contribution in [0.4, 0.5) is 0 Å². The summed E-state index contributed by atoms with van der Waals surface area (Å²) in [4.78, 5) is 54.7. The molecule has 2 heterocycles. The number of hydrogen-bond donors (Lipinski definition) is 3. The van der Waals surface area contributed by atoms with E-state index in [2.05, 4.69) is 16.0 Å². The second kappa shape index (κ2) is 12.6. The highest BCUT2D eigenvalue weighted by Gasteiger charge is 2.34. The maximum Gasteiger partial charge on any atom is 0.255 e. The van der Waals surface area contributed by atoms with Crippen molar-refractivity contribution < 1.29 is 28.7 Å². The van der Waals surface area contributed by atoms with Crippen LogP contribution in [0.15, 0.2) is 54.6 Å². The van der Waals surface area contributed by atoms with Crippen molar-refractivity contribution in [2.75, 3.05) is 26.2 Å². The first-order valence-electron chi connectivity index (χ1n) is 12.9. The highest BCUT2D eigenvalue weighted by Crippen LogP contribution is 2.19. The van der Waals surface area contributed by atoms with Crippen molar-refractivity contribution in [1.29, 1.82) is 0 Å². The van der Waals surface area contributed by atoms with Crippen molar-refractivity contribution in [2.24, 2.45) is 0 Å². The molecule has 3 N–H and O–H groups in total. The second-order valence-corrected chi connectivity index (χ2v) is 9.68. The smallest absolute Gasteiger partial charge is 0.255 e. The lowest BCUT2D eigenvalue weighted by Gasteiger charge is -2.37. The third kappa shape index (κ3) is 7.10. The lowest BCUT2D eigenvalue weighted by Crippen LogP contribution is -2.57. The number of hydrogen-bond acceptors (Lipinski definition) is 6. The lowest BCUT2D eigenvalue weighted by molar-refractivity contribution is -0.146. The molecule has 4 amide bonds. The number of para-hydroxylation sites is 1. The van der Waals surface area contributed by atoms with Crippen LogP contribution >= 0.6 is 0 Å². The Morgan fingerprint density at radius 3 is 2.37 bits per heavy atom. The minimum atomic E-state index is -1.14. The Bertz CT molecular complexity index is 1150. The zero-order valence-electron chi connectivity index (χ0n) is 21.6. The molecule has 0 unspecified atom stereocenters. The average molecular weight is 523 g/mol. The summed E-state index contributed by atoms with van der Waals surface area (Å²) in [6.45, 7) is 4.73. The number of rotatable bonds is 3. The molecule has 2 aliphatic rings. The van der Waals surface area contributed by atoms with E-state index < -0.39 is 23.9 Å². The molecule has 38 heavy (non-hydrogen) atoms. The number of morpholine rings is 1. The van der Waals surface area contributed by atoms with E-state index in [0.717, 1.165) is 5.56 Å². The Balaban J connectivity index is 1.61. The third-order valence-corrected chi connectivity index (χ3v) is 6.45. The first-order chi connectivity index (χ1) is 18.3. The van der Waals surface area contributed by atoms with Crippen LogP contribution in [0.2, 0.25) is 0 Å². The highest BCUT2D eigenvalue weighted by molar-refractivity contribution is 6.01. The summed E-state index contributed by atoms with van der Waals surface area (Å²) in [6, 6.07) is 14.0. The summed E-state index contributed by atoms with van der Waals surface area (Å²) in [5.41, 5.74) is 1.11. The van der Waals surface area contributed by atoms with Gasteiger partial charge >= 0.3 is 0 Å². The quantitative estimate of drug-likeness (QED) is 0.553. The van der Waals surface area contributed by atoms with E-state index in [1.54, 1.807) is 29.2 Å². The fourth-order valence-corrected chi connectivity index (χ4v) is 4.75. The van der Waals surface area contributed by atoms with Crippen molar-refractivity contribution in [1.82, 2.24) is 20.9 Å². The van der Waals surface area contributed by atoms with Gasteiger partial charge in [-0.2, -0.15) is 0 Å². The standard InChI is InChI=1S/C28H34N4O6/c1-18-16-32(17-19(2)38-18)28(36)23-15-25(33)30-22(14-20-8-4-3-5-9-20)27(35)29-12-13-37-24-11-7-6-10-21(24)26(34)31-23/h3-11,18-19,22-23H,12-17H2,1-2H3,(H,29,35)(H,30,33)(H,31,34)/t18-,19+,22-,23-/m0/s1. The number of carbonyl (C=O) groups is 4. The van der Waals surface area contributed by atoms with E-state index in [9.17, 15) is 19.2 Å². The fourth-order valence-electron chi connectivity index (χ4n) is 4.75. The summed E-state index contributed by atoms with van der Waals surface area (Å²) >= 11 is 0. The molecule has 4 atom stereocenters. The van der Waals surface area contributed by atoms with Gasteiger partial charge in [0.15, 0.2) is 0 Å². The van der Waals surface area contributed by atoms with Crippen LogP contribution in [0.5, 0.6) is 5.75 Å². The van der Waals surface area contributed by atoms with E-state index >= 15 is 0 Å². The van der Waals surface area contributed by atoms with Gasteiger partial charge in [0.25, 0.3) is 5.91 Å². The number of fused-ring (bicyclic) bond motifs is 1. The Morgan fingerprint density at radius 2 is 1.63 bits per heavy atom. The molecule has 1 saturated heterocycles. The SMILES string of the molecule is C[C@@H]1CN(C(=O)[C@@H]2CC(=O)N[C@@H](Cc3ccccc3)C(=O)NCCOc3ccccc3C(=O)N2)C[C@H](C)O1. The molecular weight excluding hydrogens is 488 g/mol. The summed E-state index contributed by atoms with van der Waals surface area (Å²) in [5.74, 6) is -1.47. The van der Waals surface area contributed by atoms with E-state index in [4.69, 9.17) is 9.47 Å². The summed E-state index contributed by atoms with van der Waals surface area (Å²) in [7, 11) is 0. The molecule has 1 fully saturated rings. The van der Waals surface area contributed by atoms with Gasteiger partial charge in [0.2, 0.25) is 17.7 Å². The molecule has 4 rings (SSSR count). The maximum atomic E-state index is 13.6. The number of amides is 4. The van der Waals surface area contributed by atoms with Crippen molar-refractivity contribution in [3.8, 4) is 5.75 Å². The van der Waals surface area contributed by atoms with Crippen molar-refractivity contribution in [2.45, 2.75) is 51.0 Å². The van der Waals surface area contributed by atoms with Gasteiger partial charge in [-0.25, -0.2) is 0 Å². The second-order valence-electron chi connectivity index (χ2n) is 9.68. The minimum Gasteiger partial charge on any atom is -0.491 e. The molecular formula is C28H34N4O6. The molecule has 2 aromatic carbocycles. The van der Waals surface area contributed by atoms with Crippen LogP contribution in [0.3, 0.4) is 0 Å². The number of ether oxygens (including phenoxy) is 2. The van der Waals surface area contributed by atoms with Gasteiger partial charge < -0.3 is 30.3 Å². The normalized spacial score (nSPS) is 25.1. The predicted molar refractivity (Wildman–Crippen MR) is 139 cm³/mol. The lowest BCUT2D eigenvalue weighted by atomic mass is 10.0. The van der Waals surface area contributed by atoms with Crippen molar-refractivity contribution >= 4 is 23.6 Å². The van der Waals surface area contributed by atoms with Crippen LogP contribution in [-0.4, -0.2) is 79.1 Å². The Labute approximate surface area is 222 Å². The number of benzene rings is 2. The molecule has 10 nitrogen and oxygen atoms in total. The van der Waals surface area contributed by atoms with Gasteiger partial charge in [0, 0.05) is 19.5 Å². The Kier molecular flexibility index (Phi) is 8.96. The largest absolute Gasteiger partial charge is 0.491 e. The molecule has 0 saturated carbocycles. The molecule has 202 valence electrons. The maximum absolute atomic E-state index is 13.6. The van der Waals surface area contributed by atoms with E-state index in [1.165, 1.54) is 0 Å².